The van der Waals surface area contributed by atoms with Crippen LogP contribution in [0.25, 0.3) is 22.2 Å². The van der Waals surface area contributed by atoms with Crippen LogP contribution in [0.5, 0.6) is 0 Å². The molecule has 7 nitrogen and oxygen atoms in total. The van der Waals surface area contributed by atoms with E-state index >= 15 is 0 Å². The number of likely N-dealkylation sites (tertiary alicyclic amines) is 1. The lowest BCUT2D eigenvalue weighted by molar-refractivity contribution is -0.0566. The Morgan fingerprint density at radius 3 is 2.40 bits per heavy atom. The van der Waals surface area contributed by atoms with Crippen molar-refractivity contribution in [3.8, 4) is 11.1 Å². The number of pyridine rings is 1. The van der Waals surface area contributed by atoms with Crippen molar-refractivity contribution in [3.63, 3.8) is 0 Å². The summed E-state index contributed by atoms with van der Waals surface area (Å²) in [5, 5.41) is 13.6. The van der Waals surface area contributed by atoms with Crippen molar-refractivity contribution in [2.24, 2.45) is 0 Å². The van der Waals surface area contributed by atoms with Gasteiger partial charge in [0, 0.05) is 45.2 Å². The molecule has 2 aromatic heterocycles. The van der Waals surface area contributed by atoms with Crippen LogP contribution in [0.4, 0.5) is 14.6 Å². The maximum atomic E-state index is 13.5. The zero-order valence-electron chi connectivity index (χ0n) is 19.0. The van der Waals surface area contributed by atoms with Gasteiger partial charge in [-0.2, -0.15) is 4.98 Å². The number of rotatable bonds is 6. The van der Waals surface area contributed by atoms with Crippen LogP contribution in [0, 0.1) is 0 Å². The van der Waals surface area contributed by atoms with Gasteiger partial charge in [0.05, 0.1) is 5.39 Å². The molecule has 0 aliphatic carbocycles. The molecule has 9 heteroatoms. The van der Waals surface area contributed by atoms with E-state index in [2.05, 4.69) is 32.3 Å². The first kappa shape index (κ1) is 22.9. The van der Waals surface area contributed by atoms with Gasteiger partial charge < -0.3 is 10.5 Å². The van der Waals surface area contributed by atoms with Gasteiger partial charge >= 0.3 is 5.69 Å². The fraction of sp³-hybridized carbons (Fsp3) is 0.269. The van der Waals surface area contributed by atoms with Crippen molar-refractivity contribution in [2.75, 3.05) is 18.4 Å². The monoisotopic (exact) mass is 477 g/mol. The first-order valence-electron chi connectivity index (χ1n) is 11.5. The summed E-state index contributed by atoms with van der Waals surface area (Å²) in [7, 11) is 0. The Labute approximate surface area is 200 Å². The van der Waals surface area contributed by atoms with E-state index in [-0.39, 0.29) is 18.5 Å². The second kappa shape index (κ2) is 9.42. The van der Waals surface area contributed by atoms with Gasteiger partial charge in [0.15, 0.2) is 5.65 Å². The number of nitrogens with one attached hydrogen (secondary N) is 1. The van der Waals surface area contributed by atoms with E-state index in [1.807, 2.05) is 36.4 Å². The van der Waals surface area contributed by atoms with Crippen molar-refractivity contribution in [3.05, 3.63) is 88.5 Å². The van der Waals surface area contributed by atoms with Gasteiger partial charge in [-0.15, -0.1) is 4.73 Å². The molecule has 0 radical (unpaired) electrons. The number of anilines is 1. The highest BCUT2D eigenvalue weighted by atomic mass is 19.3. The number of fused-ring (bicyclic) bond motifs is 1. The summed E-state index contributed by atoms with van der Waals surface area (Å²) >= 11 is 0. The minimum atomic E-state index is -2.54. The summed E-state index contributed by atoms with van der Waals surface area (Å²) in [6, 6.07) is 19.6. The van der Waals surface area contributed by atoms with Crippen LogP contribution in [0.3, 0.4) is 0 Å². The van der Waals surface area contributed by atoms with E-state index in [0.717, 1.165) is 22.3 Å². The molecule has 1 aliphatic heterocycles. The second-order valence-corrected chi connectivity index (χ2v) is 8.82. The smallest absolute Gasteiger partial charge is 0.384 e. The third kappa shape index (κ3) is 5.14. The number of nitrogens with zero attached hydrogens (tertiary/aromatic N) is 4. The first-order chi connectivity index (χ1) is 16.9. The topological polar surface area (TPSA) is 83.3 Å². The van der Waals surface area contributed by atoms with Crippen molar-refractivity contribution in [1.82, 2.24) is 19.6 Å². The molecule has 2 aromatic carbocycles. The highest BCUT2D eigenvalue weighted by Crippen LogP contribution is 2.29. The zero-order valence-corrected chi connectivity index (χ0v) is 19.0. The molecule has 1 aliphatic rings. The molecule has 1 saturated heterocycles. The molecule has 35 heavy (non-hydrogen) atoms. The molecule has 0 amide bonds. The van der Waals surface area contributed by atoms with Crippen molar-refractivity contribution in [2.45, 2.75) is 31.9 Å². The van der Waals surface area contributed by atoms with Crippen LogP contribution >= 0.6 is 0 Å². The Hall–Kier alpha value is -3.85. The number of hydrogen-bond acceptors (Lipinski definition) is 6. The molecular weight excluding hydrogens is 452 g/mol. The Kier molecular flexibility index (Phi) is 6.17. The van der Waals surface area contributed by atoms with Gasteiger partial charge in [-0.25, -0.2) is 18.6 Å². The quantitative estimate of drug-likeness (QED) is 0.397. The fourth-order valence-corrected chi connectivity index (χ4v) is 4.37. The summed E-state index contributed by atoms with van der Waals surface area (Å²) in [4.78, 5) is 22.1. The highest BCUT2D eigenvalue weighted by Gasteiger charge is 2.33. The maximum absolute atomic E-state index is 13.5. The van der Waals surface area contributed by atoms with Gasteiger partial charge in [-0.1, -0.05) is 36.4 Å². The summed E-state index contributed by atoms with van der Waals surface area (Å²) in [5.74, 6) is -2.19. The largest absolute Gasteiger partial charge is 0.422 e. The molecular formula is C26H25F2N5O2. The summed E-state index contributed by atoms with van der Waals surface area (Å²) in [6.07, 6.45) is 1.32. The van der Waals surface area contributed by atoms with Gasteiger partial charge in [-0.05, 0) is 46.5 Å². The van der Waals surface area contributed by atoms with Gasteiger partial charge in [-0.3, -0.25) is 4.90 Å². The Morgan fingerprint density at radius 2 is 1.66 bits per heavy atom. The Bertz CT molecular complexity index is 1410. The number of piperidine rings is 1. The maximum Gasteiger partial charge on any atom is 0.384 e. The zero-order chi connectivity index (χ0) is 24.4. The molecule has 0 unspecified atom stereocenters. The molecule has 5 rings (SSSR count). The fourth-order valence-electron chi connectivity index (χ4n) is 4.37. The number of aromatic nitrogens is 3. The van der Waals surface area contributed by atoms with Crippen LogP contribution < -0.4 is 11.0 Å². The van der Waals surface area contributed by atoms with E-state index in [1.54, 1.807) is 12.1 Å². The lowest BCUT2D eigenvalue weighted by Gasteiger charge is -2.31. The molecule has 3 heterocycles. The summed E-state index contributed by atoms with van der Waals surface area (Å²) in [6.45, 7) is 1.87. The third-order valence-corrected chi connectivity index (χ3v) is 6.27. The molecule has 2 N–H and O–H groups in total. The average molecular weight is 478 g/mol. The predicted molar refractivity (Wildman–Crippen MR) is 130 cm³/mol. The van der Waals surface area contributed by atoms with Crippen LogP contribution in [-0.4, -0.2) is 43.8 Å². The van der Waals surface area contributed by atoms with Crippen molar-refractivity contribution >= 4 is 16.9 Å². The minimum Gasteiger partial charge on any atom is -0.422 e. The van der Waals surface area contributed by atoms with Crippen molar-refractivity contribution < 1.29 is 14.0 Å². The van der Waals surface area contributed by atoms with E-state index < -0.39 is 11.6 Å². The van der Waals surface area contributed by atoms with E-state index in [9.17, 15) is 18.8 Å². The summed E-state index contributed by atoms with van der Waals surface area (Å²) in [5.41, 5.74) is 3.48. The average Bonchev–Trinajstić information content (AvgIpc) is 2.87. The predicted octanol–water partition coefficient (Wildman–Crippen LogP) is 4.54. The van der Waals surface area contributed by atoms with Gasteiger partial charge in [0.25, 0.3) is 5.92 Å². The summed E-state index contributed by atoms with van der Waals surface area (Å²) < 4.78 is 27.4. The van der Waals surface area contributed by atoms with Gasteiger partial charge in [0.1, 0.15) is 5.82 Å². The standard InChI is InChI=1S/C26H25F2N5O2/c27-26(28)9-12-32(13-10-26)17-19-5-2-7-21(15-19)20-6-1-4-18(14-20)16-30-23-22-8-3-11-29-24(22)33(35)25(34)31-23/h1-8,11,14-15,35H,9-10,12-13,16-17H2,(H,30,31,34). The van der Waals surface area contributed by atoms with E-state index in [0.29, 0.717) is 42.1 Å². The number of alkyl halides is 2. The highest BCUT2D eigenvalue weighted by molar-refractivity contribution is 5.86. The third-order valence-electron chi connectivity index (χ3n) is 6.27. The number of halogens is 2. The number of hydrogen-bond donors (Lipinski definition) is 2. The van der Waals surface area contributed by atoms with Crippen LogP contribution in [0.1, 0.15) is 24.0 Å². The lowest BCUT2D eigenvalue weighted by Crippen LogP contribution is -2.38. The Morgan fingerprint density at radius 1 is 0.971 bits per heavy atom. The van der Waals surface area contributed by atoms with Crippen molar-refractivity contribution in [1.29, 1.82) is 0 Å². The normalized spacial score (nSPS) is 15.8. The molecule has 0 spiro atoms. The molecule has 1 fully saturated rings. The van der Waals surface area contributed by atoms with Crippen LogP contribution in [-0.2, 0) is 13.1 Å². The van der Waals surface area contributed by atoms with Crippen LogP contribution in [0.15, 0.2) is 71.7 Å². The van der Waals surface area contributed by atoms with Gasteiger partial charge in [0.2, 0.25) is 0 Å². The molecule has 4 aromatic rings. The SMILES string of the molecule is O=c1nc(NCc2cccc(-c3cccc(CN4CCC(F)(F)CC4)c3)c2)c2cccnc2n1O. The first-order valence-corrected chi connectivity index (χ1v) is 11.5. The molecule has 0 atom stereocenters. The molecule has 180 valence electrons. The van der Waals surface area contributed by atoms with E-state index in [4.69, 9.17) is 0 Å². The molecule has 0 saturated carbocycles. The Balaban J connectivity index is 1.31. The number of benzene rings is 2. The van der Waals surface area contributed by atoms with Crippen LogP contribution in [0.2, 0.25) is 0 Å². The minimum absolute atomic E-state index is 0.0878. The second-order valence-electron chi connectivity index (χ2n) is 8.82. The molecule has 0 bridgehead atoms. The van der Waals surface area contributed by atoms with E-state index in [1.165, 1.54) is 6.20 Å². The lowest BCUT2D eigenvalue weighted by atomic mass is 10.00.